The maximum Gasteiger partial charge on any atom is 0.387 e. The predicted octanol–water partition coefficient (Wildman–Crippen LogP) is 5.12. The maximum atomic E-state index is 13.6. The number of ether oxygens (including phenoxy) is 1. The zero-order valence-corrected chi connectivity index (χ0v) is 23.8. The third kappa shape index (κ3) is 7.04. The molecule has 13 heteroatoms. The molecular formula is C30H26ClF2N7O3. The molecule has 5 rings (SSSR count). The quantitative estimate of drug-likeness (QED) is 0.228. The van der Waals surface area contributed by atoms with Gasteiger partial charge in [0.2, 0.25) is 5.91 Å². The fourth-order valence-electron chi connectivity index (χ4n) is 4.50. The van der Waals surface area contributed by atoms with Crippen LogP contribution in [0.15, 0.2) is 85.3 Å². The average Bonchev–Trinajstić information content (AvgIpc) is 3.61. The van der Waals surface area contributed by atoms with Gasteiger partial charge in [0.05, 0.1) is 0 Å². The average molecular weight is 606 g/mol. The number of rotatable bonds is 10. The molecule has 5 aromatic rings. The van der Waals surface area contributed by atoms with Gasteiger partial charge in [-0.25, -0.2) is 0 Å². The molecule has 1 unspecified atom stereocenters. The van der Waals surface area contributed by atoms with Crippen LogP contribution in [0.5, 0.6) is 5.75 Å². The summed E-state index contributed by atoms with van der Waals surface area (Å²) in [4.78, 5) is 26.7. The van der Waals surface area contributed by atoms with Gasteiger partial charge < -0.3 is 19.9 Å². The second-order valence-corrected chi connectivity index (χ2v) is 10.0. The normalized spacial score (nSPS) is 11.8. The van der Waals surface area contributed by atoms with E-state index in [4.69, 9.17) is 11.6 Å². The number of alkyl halides is 2. The minimum atomic E-state index is -2.96. The second kappa shape index (κ2) is 12.8. The second-order valence-electron chi connectivity index (χ2n) is 9.61. The lowest BCUT2D eigenvalue weighted by molar-refractivity contribution is -0.118. The number of aromatic nitrogens is 5. The summed E-state index contributed by atoms with van der Waals surface area (Å²) in [5.74, 6) is -0.299. The van der Waals surface area contributed by atoms with Gasteiger partial charge in [-0.1, -0.05) is 29.8 Å². The van der Waals surface area contributed by atoms with Crippen molar-refractivity contribution < 1.29 is 23.1 Å². The van der Waals surface area contributed by atoms with Gasteiger partial charge in [0.15, 0.2) is 5.82 Å². The fourth-order valence-corrected chi connectivity index (χ4v) is 4.69. The highest BCUT2D eigenvalue weighted by Gasteiger charge is 2.25. The number of benzene rings is 3. The van der Waals surface area contributed by atoms with Crippen LogP contribution in [0.1, 0.15) is 16.1 Å². The predicted molar refractivity (Wildman–Crippen MR) is 157 cm³/mol. The number of amides is 2. The summed E-state index contributed by atoms with van der Waals surface area (Å²) in [6, 6.07) is 18.9. The van der Waals surface area contributed by atoms with Crippen LogP contribution < -0.4 is 15.4 Å². The molecule has 10 nitrogen and oxygen atoms in total. The molecule has 2 aromatic heterocycles. The molecule has 0 aliphatic rings. The van der Waals surface area contributed by atoms with Crippen LogP contribution in [-0.2, 0) is 25.3 Å². The van der Waals surface area contributed by atoms with Gasteiger partial charge in [-0.3, -0.25) is 14.3 Å². The zero-order valence-electron chi connectivity index (χ0n) is 23.0. The van der Waals surface area contributed by atoms with E-state index in [1.54, 1.807) is 72.5 Å². The van der Waals surface area contributed by atoms with Crippen LogP contribution in [-0.4, -0.2) is 49.0 Å². The molecular weight excluding hydrogens is 580 g/mol. The molecule has 0 saturated carbocycles. The SMILES string of the molecule is Cn1cnnc1-c1ccc(NC(=O)C(Cc2cc(-c3cccc(OC(F)F)c3)ccc2Cl)NC(=O)c2ccnn2C)cc1. The molecule has 2 amide bonds. The van der Waals surface area contributed by atoms with Gasteiger partial charge >= 0.3 is 6.61 Å². The number of halogens is 3. The van der Waals surface area contributed by atoms with E-state index >= 15 is 0 Å². The first-order valence-corrected chi connectivity index (χ1v) is 13.4. The summed E-state index contributed by atoms with van der Waals surface area (Å²) in [7, 11) is 3.45. The minimum Gasteiger partial charge on any atom is -0.435 e. The Labute approximate surface area is 250 Å². The molecule has 1 atom stereocenters. The lowest BCUT2D eigenvalue weighted by atomic mass is 9.98. The van der Waals surface area contributed by atoms with Crippen molar-refractivity contribution in [3.63, 3.8) is 0 Å². The Morgan fingerprint density at radius 3 is 2.40 bits per heavy atom. The Morgan fingerprint density at radius 1 is 0.977 bits per heavy atom. The fraction of sp³-hybridized carbons (Fsp3) is 0.167. The van der Waals surface area contributed by atoms with Gasteiger partial charge in [0.1, 0.15) is 23.8 Å². The molecule has 0 spiro atoms. The van der Waals surface area contributed by atoms with Gasteiger partial charge in [-0.2, -0.15) is 13.9 Å². The number of hydrogen-bond acceptors (Lipinski definition) is 6. The van der Waals surface area contributed by atoms with E-state index in [0.717, 1.165) is 5.56 Å². The Balaban J connectivity index is 1.40. The van der Waals surface area contributed by atoms with E-state index in [1.807, 2.05) is 7.05 Å². The smallest absolute Gasteiger partial charge is 0.387 e. The van der Waals surface area contributed by atoms with Crippen LogP contribution in [0.4, 0.5) is 14.5 Å². The summed E-state index contributed by atoms with van der Waals surface area (Å²) in [6.07, 6.45) is 3.11. The number of nitrogens with zero attached hydrogens (tertiary/aromatic N) is 5. The molecule has 43 heavy (non-hydrogen) atoms. The molecule has 3 aromatic carbocycles. The standard InChI is InChI=1S/C30H26ClF2N7O3/c1-39-17-34-38-27(39)18-6-9-22(10-7-18)36-28(41)25(37-29(42)26-12-13-35-40(26)2)16-21-14-20(8-11-24(21)31)19-4-3-5-23(15-19)43-30(32)33/h3-15,17,25,30H,16H2,1-2H3,(H,36,41)(H,37,42). The minimum absolute atomic E-state index is 0.00915. The van der Waals surface area contributed by atoms with Crippen molar-refractivity contribution in [2.45, 2.75) is 19.1 Å². The van der Waals surface area contributed by atoms with Crippen molar-refractivity contribution in [2.75, 3.05) is 5.32 Å². The number of nitrogens with one attached hydrogen (secondary N) is 2. The third-order valence-electron chi connectivity index (χ3n) is 6.66. The Hall–Kier alpha value is -5.10. The number of anilines is 1. The summed E-state index contributed by atoms with van der Waals surface area (Å²) in [5.41, 5.74) is 3.41. The van der Waals surface area contributed by atoms with Gasteiger partial charge in [-0.05, 0) is 71.3 Å². The highest BCUT2D eigenvalue weighted by atomic mass is 35.5. The number of aryl methyl sites for hydroxylation is 2. The van der Waals surface area contributed by atoms with Crippen molar-refractivity contribution >= 4 is 29.1 Å². The third-order valence-corrected chi connectivity index (χ3v) is 7.03. The van der Waals surface area contributed by atoms with Gasteiger partial charge in [0, 0.05) is 43.0 Å². The molecule has 0 fully saturated rings. The van der Waals surface area contributed by atoms with E-state index in [0.29, 0.717) is 33.2 Å². The van der Waals surface area contributed by atoms with Crippen LogP contribution in [0.2, 0.25) is 5.02 Å². The molecule has 2 N–H and O–H groups in total. The Bertz CT molecular complexity index is 1750. The topological polar surface area (TPSA) is 116 Å². The Morgan fingerprint density at radius 2 is 1.72 bits per heavy atom. The molecule has 0 aliphatic heterocycles. The van der Waals surface area contributed by atoms with E-state index in [9.17, 15) is 18.4 Å². The zero-order chi connectivity index (χ0) is 30.5. The molecule has 220 valence electrons. The largest absolute Gasteiger partial charge is 0.435 e. The van der Waals surface area contributed by atoms with Crippen LogP contribution in [0, 0.1) is 0 Å². The van der Waals surface area contributed by atoms with Crippen molar-refractivity contribution in [3.8, 4) is 28.3 Å². The van der Waals surface area contributed by atoms with Gasteiger partial charge in [-0.15, -0.1) is 10.2 Å². The van der Waals surface area contributed by atoms with Gasteiger partial charge in [0.25, 0.3) is 5.91 Å². The van der Waals surface area contributed by atoms with Crippen LogP contribution in [0.25, 0.3) is 22.5 Å². The van der Waals surface area contributed by atoms with Crippen LogP contribution >= 0.6 is 11.6 Å². The number of hydrogen-bond donors (Lipinski definition) is 2. The summed E-state index contributed by atoms with van der Waals surface area (Å²) >= 11 is 6.54. The lowest BCUT2D eigenvalue weighted by Gasteiger charge is -2.20. The van der Waals surface area contributed by atoms with Crippen LogP contribution in [0.3, 0.4) is 0 Å². The lowest BCUT2D eigenvalue weighted by Crippen LogP contribution is -2.45. The first kappa shape index (κ1) is 29.4. The maximum absolute atomic E-state index is 13.6. The molecule has 0 bridgehead atoms. The first-order chi connectivity index (χ1) is 20.7. The van der Waals surface area contributed by atoms with Crippen molar-refractivity contribution in [1.29, 1.82) is 0 Å². The van der Waals surface area contributed by atoms with E-state index < -0.39 is 24.5 Å². The molecule has 0 aliphatic carbocycles. The monoisotopic (exact) mass is 605 g/mol. The first-order valence-electron chi connectivity index (χ1n) is 13.1. The Kier molecular flexibility index (Phi) is 8.77. The van der Waals surface area contributed by atoms with E-state index in [1.165, 1.54) is 29.1 Å². The number of carbonyl (C=O) groups excluding carboxylic acids is 2. The highest BCUT2D eigenvalue weighted by Crippen LogP contribution is 2.29. The van der Waals surface area contributed by atoms with Crippen molar-refractivity contribution in [1.82, 2.24) is 29.9 Å². The summed E-state index contributed by atoms with van der Waals surface area (Å²) < 4.78 is 33.2. The van der Waals surface area contributed by atoms with E-state index in [2.05, 4.69) is 30.7 Å². The molecule has 2 heterocycles. The highest BCUT2D eigenvalue weighted by molar-refractivity contribution is 6.31. The molecule has 0 saturated heterocycles. The van der Waals surface area contributed by atoms with Crippen molar-refractivity contribution in [3.05, 3.63) is 102 Å². The number of carbonyl (C=O) groups is 2. The summed E-state index contributed by atoms with van der Waals surface area (Å²) in [5, 5.41) is 18.0. The van der Waals surface area contributed by atoms with Crippen molar-refractivity contribution in [2.24, 2.45) is 14.1 Å². The van der Waals surface area contributed by atoms with E-state index in [-0.39, 0.29) is 17.9 Å². The summed E-state index contributed by atoms with van der Waals surface area (Å²) in [6.45, 7) is -2.96. The molecule has 0 radical (unpaired) electrons.